The van der Waals surface area contributed by atoms with Crippen LogP contribution in [-0.4, -0.2) is 37.9 Å². The van der Waals surface area contributed by atoms with Crippen molar-refractivity contribution in [1.82, 2.24) is 9.37 Å². The molecule has 0 bridgehead atoms. The molecule has 2 N–H and O–H groups in total. The number of nitrogens with zero attached hydrogens (tertiary/aromatic N) is 2. The summed E-state index contributed by atoms with van der Waals surface area (Å²) in [5, 5.41) is 11.1. The van der Waals surface area contributed by atoms with Crippen LogP contribution in [-0.2, 0) is 26.5 Å². The molecule has 1 unspecified atom stereocenters. The standard InChI is InChI=1S/C20H43N3O3S2Si2/c1-18(2,3)29(10,11)23-28(25,21-9)16-15(22-17(27-16)20(7,8)24)14-26-30(12,13)19(4,5)6/h24H,14H2,1-13H3,(H,21,23,25). The minimum absolute atomic E-state index is 0.0120. The van der Waals surface area contributed by atoms with Crippen LogP contribution in [0.1, 0.15) is 66.1 Å². The van der Waals surface area contributed by atoms with Crippen molar-refractivity contribution < 1.29 is 13.7 Å². The quantitative estimate of drug-likeness (QED) is 0.466. The Labute approximate surface area is 190 Å². The lowest BCUT2D eigenvalue weighted by Gasteiger charge is -2.38. The Kier molecular flexibility index (Phi) is 8.08. The Balaban J connectivity index is 3.53. The number of rotatable bonds is 7. The SMILES string of the molecule is CN=S(=O)(N[Si](C)(C)C(C)(C)C)c1sc(C(C)(C)O)nc1CO[Si](C)(C)C(C)(C)C. The van der Waals surface area contributed by atoms with E-state index in [0.29, 0.717) is 14.9 Å². The molecular weight excluding hydrogens is 451 g/mol. The normalized spacial score (nSPS) is 16.5. The summed E-state index contributed by atoms with van der Waals surface area (Å²) in [6.07, 6.45) is 0. The van der Waals surface area contributed by atoms with E-state index in [0.717, 1.165) is 0 Å². The number of hydrogen-bond donors (Lipinski definition) is 2. The zero-order valence-electron chi connectivity index (χ0n) is 21.2. The third-order valence-corrected chi connectivity index (χ3v) is 21.1. The van der Waals surface area contributed by atoms with E-state index in [4.69, 9.17) is 4.43 Å². The molecule has 0 fully saturated rings. The van der Waals surface area contributed by atoms with Crippen molar-refractivity contribution in [2.24, 2.45) is 4.36 Å². The van der Waals surface area contributed by atoms with E-state index >= 15 is 0 Å². The van der Waals surface area contributed by atoms with Gasteiger partial charge in [0.15, 0.2) is 8.32 Å². The van der Waals surface area contributed by atoms with Gasteiger partial charge in [-0.1, -0.05) is 54.6 Å². The molecular formula is C20H43N3O3S2Si2. The molecule has 1 aromatic rings. The van der Waals surface area contributed by atoms with E-state index in [-0.39, 0.29) is 16.7 Å². The fraction of sp³-hybridized carbons (Fsp3) is 0.850. The number of thiazole rings is 1. The zero-order chi connectivity index (χ0) is 24.0. The Hall–Kier alpha value is -0.106. The Morgan fingerprint density at radius 1 is 1.07 bits per heavy atom. The summed E-state index contributed by atoms with van der Waals surface area (Å²) >= 11 is 1.27. The Morgan fingerprint density at radius 3 is 1.93 bits per heavy atom. The van der Waals surface area contributed by atoms with Crippen molar-refractivity contribution >= 4 is 37.8 Å². The van der Waals surface area contributed by atoms with Gasteiger partial charge >= 0.3 is 0 Å². The van der Waals surface area contributed by atoms with Crippen molar-refractivity contribution in [3.8, 4) is 0 Å². The molecule has 0 amide bonds. The number of nitrogens with one attached hydrogen (secondary N) is 1. The fourth-order valence-electron chi connectivity index (χ4n) is 2.05. The smallest absolute Gasteiger partial charge is 0.192 e. The number of aromatic nitrogens is 1. The van der Waals surface area contributed by atoms with Crippen molar-refractivity contribution in [3.63, 3.8) is 0 Å². The highest BCUT2D eigenvalue weighted by atomic mass is 32.2. The van der Waals surface area contributed by atoms with Crippen LogP contribution >= 0.6 is 11.3 Å². The highest BCUT2D eigenvalue weighted by Crippen LogP contribution is 2.40. The second kappa shape index (κ2) is 8.68. The van der Waals surface area contributed by atoms with Gasteiger partial charge in [-0.25, -0.2) is 17.9 Å². The summed E-state index contributed by atoms with van der Waals surface area (Å²) < 4.78 is 28.9. The van der Waals surface area contributed by atoms with Gasteiger partial charge < -0.3 is 9.53 Å². The Bertz CT molecular complexity index is 867. The van der Waals surface area contributed by atoms with Gasteiger partial charge in [0.25, 0.3) is 0 Å². The third-order valence-electron chi connectivity index (χ3n) is 6.34. The first-order chi connectivity index (χ1) is 13.1. The lowest BCUT2D eigenvalue weighted by molar-refractivity contribution is 0.0779. The minimum Gasteiger partial charge on any atom is -0.411 e. The van der Waals surface area contributed by atoms with Crippen molar-refractivity contribution in [2.75, 3.05) is 7.05 Å². The second-order valence-electron chi connectivity index (χ2n) is 11.5. The maximum atomic E-state index is 14.1. The van der Waals surface area contributed by atoms with Gasteiger partial charge in [-0.15, -0.1) is 11.3 Å². The summed E-state index contributed by atoms with van der Waals surface area (Å²) in [6, 6.07) is 0. The molecule has 0 aliphatic heterocycles. The minimum atomic E-state index is -2.90. The van der Waals surface area contributed by atoms with Crippen LogP contribution in [0.2, 0.25) is 36.3 Å². The monoisotopic (exact) mass is 493 g/mol. The van der Waals surface area contributed by atoms with E-state index < -0.39 is 32.1 Å². The van der Waals surface area contributed by atoms with Crippen LogP contribution in [0.5, 0.6) is 0 Å². The number of aliphatic hydroxyl groups is 1. The van der Waals surface area contributed by atoms with Gasteiger partial charge in [0.05, 0.1) is 12.3 Å². The van der Waals surface area contributed by atoms with Gasteiger partial charge in [-0.2, -0.15) is 0 Å². The molecule has 0 saturated heterocycles. The first-order valence-electron chi connectivity index (χ1n) is 10.4. The molecule has 0 radical (unpaired) electrons. The van der Waals surface area contributed by atoms with Crippen LogP contribution in [0.3, 0.4) is 0 Å². The molecule has 30 heavy (non-hydrogen) atoms. The van der Waals surface area contributed by atoms with Crippen LogP contribution < -0.4 is 4.39 Å². The summed E-state index contributed by atoms with van der Waals surface area (Å²) in [6.45, 7) is 25.4. The molecule has 0 aliphatic rings. The van der Waals surface area contributed by atoms with Gasteiger partial charge in [0.2, 0.25) is 0 Å². The predicted octanol–water partition coefficient (Wildman–Crippen LogP) is 5.86. The van der Waals surface area contributed by atoms with Gasteiger partial charge in [-0.05, 0) is 37.0 Å². The van der Waals surface area contributed by atoms with E-state index in [2.05, 4.69) is 81.5 Å². The predicted molar refractivity (Wildman–Crippen MR) is 134 cm³/mol. The highest BCUT2D eigenvalue weighted by molar-refractivity contribution is 7.95. The van der Waals surface area contributed by atoms with Crippen LogP contribution in [0.25, 0.3) is 0 Å². The maximum absolute atomic E-state index is 14.1. The molecule has 0 saturated carbocycles. The second-order valence-corrected chi connectivity index (χ2v) is 25.0. The first kappa shape index (κ1) is 27.9. The molecule has 1 aromatic heterocycles. The summed E-state index contributed by atoms with van der Waals surface area (Å²) in [7, 11) is -5.47. The van der Waals surface area contributed by atoms with E-state index in [1.165, 1.54) is 11.3 Å². The molecule has 10 heteroatoms. The lowest BCUT2D eigenvalue weighted by atomic mass is 10.2. The van der Waals surface area contributed by atoms with E-state index in [1.54, 1.807) is 20.9 Å². The molecule has 1 atom stereocenters. The van der Waals surface area contributed by atoms with Gasteiger partial charge in [-0.3, -0.25) is 0 Å². The zero-order valence-corrected chi connectivity index (χ0v) is 24.8. The van der Waals surface area contributed by atoms with Crippen LogP contribution in [0.4, 0.5) is 0 Å². The average molecular weight is 494 g/mol. The lowest BCUT2D eigenvalue weighted by Crippen LogP contribution is -2.54. The molecule has 0 aliphatic carbocycles. The highest BCUT2D eigenvalue weighted by Gasteiger charge is 2.41. The Morgan fingerprint density at radius 2 is 1.57 bits per heavy atom. The first-order valence-corrected chi connectivity index (χ1v) is 18.6. The van der Waals surface area contributed by atoms with Crippen molar-refractivity contribution in [2.45, 2.75) is 108 Å². The summed E-state index contributed by atoms with van der Waals surface area (Å²) in [5.41, 5.74) is -0.511. The van der Waals surface area contributed by atoms with Gasteiger partial charge in [0, 0.05) is 7.05 Å². The van der Waals surface area contributed by atoms with Crippen LogP contribution in [0.15, 0.2) is 8.57 Å². The van der Waals surface area contributed by atoms with Gasteiger partial charge in [0.1, 0.15) is 33.0 Å². The summed E-state index contributed by atoms with van der Waals surface area (Å²) in [5.74, 6) is 0. The molecule has 6 nitrogen and oxygen atoms in total. The molecule has 1 heterocycles. The van der Waals surface area contributed by atoms with Crippen molar-refractivity contribution in [3.05, 3.63) is 10.7 Å². The largest absolute Gasteiger partial charge is 0.411 e. The summed E-state index contributed by atoms with van der Waals surface area (Å²) in [4.78, 5) is 4.67. The molecule has 0 spiro atoms. The van der Waals surface area contributed by atoms with E-state index in [1.807, 2.05) is 0 Å². The molecule has 1 rings (SSSR count). The average Bonchev–Trinajstić information content (AvgIpc) is 2.95. The fourth-order valence-corrected chi connectivity index (χ4v) is 10.4. The van der Waals surface area contributed by atoms with Crippen LogP contribution in [0, 0.1) is 0 Å². The maximum Gasteiger partial charge on any atom is 0.192 e. The van der Waals surface area contributed by atoms with Crippen molar-refractivity contribution in [1.29, 1.82) is 0 Å². The third kappa shape index (κ3) is 6.23. The molecule has 0 aromatic carbocycles. The van der Waals surface area contributed by atoms with E-state index in [9.17, 15) is 9.32 Å². The number of hydrogen-bond acceptors (Lipinski definition) is 6. The topological polar surface area (TPSA) is 83.8 Å². The molecule has 176 valence electrons.